The second kappa shape index (κ2) is 9.80. The van der Waals surface area contributed by atoms with Crippen molar-refractivity contribution in [1.82, 2.24) is 4.31 Å². The van der Waals surface area contributed by atoms with E-state index in [2.05, 4.69) is 5.32 Å². The summed E-state index contributed by atoms with van der Waals surface area (Å²) >= 11 is 0. The van der Waals surface area contributed by atoms with Crippen molar-refractivity contribution in [1.29, 1.82) is 0 Å². The molecule has 0 radical (unpaired) electrons. The number of carbonyl (C=O) groups is 1. The zero-order chi connectivity index (χ0) is 25.2. The highest BCUT2D eigenvalue weighted by Gasteiger charge is 2.27. The number of para-hydroxylation sites is 1. The number of amides is 1. The number of hydrogen-bond acceptors (Lipinski definition) is 5. The quantitative estimate of drug-likeness (QED) is 0.517. The molecule has 1 saturated heterocycles. The molecular weight excluding hydrogens is 486 g/mol. The molecule has 0 aliphatic carbocycles. The van der Waals surface area contributed by atoms with E-state index in [9.17, 15) is 21.6 Å². The van der Waals surface area contributed by atoms with Crippen LogP contribution in [0.5, 0.6) is 0 Å². The second-order valence-electron chi connectivity index (χ2n) is 8.39. The average Bonchev–Trinajstić information content (AvgIpc) is 3.40. The zero-order valence-electron chi connectivity index (χ0n) is 19.5. The van der Waals surface area contributed by atoms with Crippen molar-refractivity contribution >= 4 is 37.3 Å². The van der Waals surface area contributed by atoms with Gasteiger partial charge in [0, 0.05) is 25.8 Å². The van der Waals surface area contributed by atoms with E-state index in [1.807, 2.05) is 6.92 Å². The van der Waals surface area contributed by atoms with E-state index >= 15 is 0 Å². The summed E-state index contributed by atoms with van der Waals surface area (Å²) in [5.41, 5.74) is 1.72. The van der Waals surface area contributed by atoms with Gasteiger partial charge in [-0.25, -0.2) is 16.8 Å². The normalized spacial score (nSPS) is 14.6. The summed E-state index contributed by atoms with van der Waals surface area (Å²) < 4.78 is 54.3. The molecular formula is C25H27N3O5S2. The Morgan fingerprint density at radius 2 is 1.40 bits per heavy atom. The van der Waals surface area contributed by atoms with Gasteiger partial charge in [0.25, 0.3) is 15.9 Å². The van der Waals surface area contributed by atoms with E-state index in [-0.39, 0.29) is 21.0 Å². The van der Waals surface area contributed by atoms with Gasteiger partial charge in [0.05, 0.1) is 21.0 Å². The molecule has 0 atom stereocenters. The van der Waals surface area contributed by atoms with Crippen molar-refractivity contribution in [2.75, 3.05) is 29.8 Å². The van der Waals surface area contributed by atoms with Gasteiger partial charge < -0.3 is 5.32 Å². The van der Waals surface area contributed by atoms with Crippen LogP contribution in [0, 0.1) is 6.92 Å². The molecule has 0 aromatic heterocycles. The van der Waals surface area contributed by atoms with Crippen LogP contribution in [0.15, 0.2) is 82.6 Å². The van der Waals surface area contributed by atoms with Gasteiger partial charge >= 0.3 is 0 Å². The molecule has 35 heavy (non-hydrogen) atoms. The minimum absolute atomic E-state index is 0.121. The maximum atomic E-state index is 13.2. The lowest BCUT2D eigenvalue weighted by atomic mass is 10.1. The number of sulfonamides is 2. The molecule has 1 aliphatic rings. The maximum absolute atomic E-state index is 13.2. The highest BCUT2D eigenvalue weighted by Crippen LogP contribution is 2.27. The summed E-state index contributed by atoms with van der Waals surface area (Å²) in [5.74, 6) is -0.512. The van der Waals surface area contributed by atoms with Gasteiger partial charge in [-0.1, -0.05) is 29.8 Å². The summed E-state index contributed by atoms with van der Waals surface area (Å²) in [6, 6.07) is 18.9. The number of rotatable bonds is 7. The number of nitrogens with zero attached hydrogens (tertiary/aromatic N) is 2. The van der Waals surface area contributed by atoms with Gasteiger partial charge in [0.1, 0.15) is 0 Å². The molecule has 3 aromatic carbocycles. The molecule has 1 N–H and O–H groups in total. The Kier molecular flexibility index (Phi) is 6.98. The third-order valence-electron chi connectivity index (χ3n) is 5.98. The molecule has 1 aliphatic heterocycles. The van der Waals surface area contributed by atoms with Gasteiger partial charge in [0.2, 0.25) is 10.0 Å². The van der Waals surface area contributed by atoms with Gasteiger partial charge in [0.15, 0.2) is 0 Å². The van der Waals surface area contributed by atoms with Gasteiger partial charge in [-0.05, 0) is 68.3 Å². The van der Waals surface area contributed by atoms with Crippen molar-refractivity contribution < 1.29 is 21.6 Å². The summed E-state index contributed by atoms with van der Waals surface area (Å²) in [7, 11) is -6.04. The van der Waals surface area contributed by atoms with Crippen LogP contribution in [0.25, 0.3) is 0 Å². The van der Waals surface area contributed by atoms with Gasteiger partial charge in [-0.3, -0.25) is 9.10 Å². The first-order chi connectivity index (χ1) is 16.6. The summed E-state index contributed by atoms with van der Waals surface area (Å²) in [6.07, 6.45) is 1.70. The molecule has 8 nitrogen and oxygen atoms in total. The average molecular weight is 514 g/mol. The SMILES string of the molecule is Cc1ccc(S(=O)(=O)N(C)c2ccccc2C(=O)Nc2ccc(S(=O)(=O)N3CCCC3)cc2)cc1. The standard InChI is InChI=1S/C25H27N3O5S2/c1-19-9-13-21(14-10-19)34(30,31)27(2)24-8-4-3-7-23(24)25(29)26-20-11-15-22(16-12-20)35(32,33)28-17-5-6-18-28/h3-4,7-16H,5-6,17-18H2,1-2H3,(H,26,29). The Labute approximate surface area is 206 Å². The second-order valence-corrected chi connectivity index (χ2v) is 12.3. The van der Waals surface area contributed by atoms with Crippen molar-refractivity contribution in [3.8, 4) is 0 Å². The first-order valence-electron chi connectivity index (χ1n) is 11.2. The first kappa shape index (κ1) is 24.9. The highest BCUT2D eigenvalue weighted by molar-refractivity contribution is 7.92. The minimum atomic E-state index is -3.89. The van der Waals surface area contributed by atoms with Gasteiger partial charge in [-0.15, -0.1) is 0 Å². The molecule has 0 bridgehead atoms. The number of aryl methyl sites for hydroxylation is 1. The van der Waals surface area contributed by atoms with Crippen LogP contribution in [-0.2, 0) is 20.0 Å². The van der Waals surface area contributed by atoms with Crippen molar-refractivity contribution in [3.63, 3.8) is 0 Å². The van der Waals surface area contributed by atoms with Gasteiger partial charge in [-0.2, -0.15) is 4.31 Å². The summed E-state index contributed by atoms with van der Waals surface area (Å²) in [4.78, 5) is 13.4. The fraction of sp³-hybridized carbons (Fsp3) is 0.240. The van der Waals surface area contributed by atoms with Crippen LogP contribution in [0.4, 0.5) is 11.4 Å². The Balaban J connectivity index is 1.56. The predicted octanol–water partition coefficient (Wildman–Crippen LogP) is 3.86. The smallest absolute Gasteiger partial charge is 0.264 e. The molecule has 0 spiro atoms. The number of benzene rings is 3. The molecule has 4 rings (SSSR count). The van der Waals surface area contributed by atoms with E-state index in [0.29, 0.717) is 18.8 Å². The molecule has 1 fully saturated rings. The third kappa shape index (κ3) is 5.09. The molecule has 10 heteroatoms. The third-order valence-corrected chi connectivity index (χ3v) is 9.68. The van der Waals surface area contributed by atoms with Crippen LogP contribution in [0.3, 0.4) is 0 Å². The molecule has 1 amide bonds. The Morgan fingerprint density at radius 3 is 2.03 bits per heavy atom. The molecule has 3 aromatic rings. The van der Waals surface area contributed by atoms with E-state index in [1.165, 1.54) is 53.8 Å². The lowest BCUT2D eigenvalue weighted by Gasteiger charge is -2.22. The predicted molar refractivity (Wildman–Crippen MR) is 136 cm³/mol. The van der Waals surface area contributed by atoms with Crippen LogP contribution >= 0.6 is 0 Å². The molecule has 0 unspecified atom stereocenters. The van der Waals surface area contributed by atoms with Crippen molar-refractivity contribution in [2.45, 2.75) is 29.6 Å². The molecule has 0 saturated carbocycles. The monoisotopic (exact) mass is 513 g/mol. The largest absolute Gasteiger partial charge is 0.322 e. The van der Waals surface area contributed by atoms with E-state index in [0.717, 1.165) is 22.7 Å². The fourth-order valence-electron chi connectivity index (χ4n) is 3.92. The lowest BCUT2D eigenvalue weighted by molar-refractivity contribution is 0.102. The van der Waals surface area contributed by atoms with E-state index in [1.54, 1.807) is 30.3 Å². The maximum Gasteiger partial charge on any atom is 0.264 e. The minimum Gasteiger partial charge on any atom is -0.322 e. The molecule has 184 valence electrons. The number of anilines is 2. The lowest BCUT2D eigenvalue weighted by Crippen LogP contribution is -2.29. The van der Waals surface area contributed by atoms with Crippen molar-refractivity contribution in [2.24, 2.45) is 0 Å². The first-order valence-corrected chi connectivity index (χ1v) is 14.0. The Hall–Kier alpha value is -3.21. The van der Waals surface area contributed by atoms with E-state index < -0.39 is 26.0 Å². The topological polar surface area (TPSA) is 104 Å². The summed E-state index contributed by atoms with van der Waals surface area (Å²) in [6.45, 7) is 2.89. The van der Waals surface area contributed by atoms with Crippen LogP contribution in [0.2, 0.25) is 0 Å². The Morgan fingerprint density at radius 1 is 0.829 bits per heavy atom. The summed E-state index contributed by atoms with van der Waals surface area (Å²) in [5, 5.41) is 2.73. The van der Waals surface area contributed by atoms with Crippen molar-refractivity contribution in [3.05, 3.63) is 83.9 Å². The highest BCUT2D eigenvalue weighted by atomic mass is 32.2. The Bertz CT molecular complexity index is 1430. The zero-order valence-corrected chi connectivity index (χ0v) is 21.1. The number of carbonyl (C=O) groups excluding carboxylic acids is 1. The van der Waals surface area contributed by atoms with Crippen LogP contribution in [0.1, 0.15) is 28.8 Å². The fourth-order valence-corrected chi connectivity index (χ4v) is 6.66. The van der Waals surface area contributed by atoms with Crippen LogP contribution in [-0.4, -0.2) is 47.2 Å². The van der Waals surface area contributed by atoms with E-state index in [4.69, 9.17) is 0 Å². The number of hydrogen-bond donors (Lipinski definition) is 1. The van der Waals surface area contributed by atoms with Crippen LogP contribution < -0.4 is 9.62 Å². The number of nitrogens with one attached hydrogen (secondary N) is 1. The molecule has 1 heterocycles.